The van der Waals surface area contributed by atoms with Gasteiger partial charge in [-0.25, -0.2) is 0 Å². The van der Waals surface area contributed by atoms with Crippen LogP contribution in [0.3, 0.4) is 0 Å². The predicted octanol–water partition coefficient (Wildman–Crippen LogP) is 7.19. The molecule has 0 bridgehead atoms. The van der Waals surface area contributed by atoms with E-state index in [0.717, 1.165) is 29.3 Å². The monoisotopic (exact) mass is 436 g/mol. The largest absolute Gasteiger partial charge is 0.350 e. The van der Waals surface area contributed by atoms with E-state index in [9.17, 15) is 4.79 Å². The molecule has 3 aromatic carbocycles. The maximum atomic E-state index is 13.7. The predicted molar refractivity (Wildman–Crippen MR) is 136 cm³/mol. The number of amides is 1. The molecule has 1 heterocycles. The molecule has 4 aromatic rings. The lowest BCUT2D eigenvalue weighted by molar-refractivity contribution is 0.0925. The van der Waals surface area contributed by atoms with Crippen LogP contribution in [0, 0.1) is 0 Å². The highest BCUT2D eigenvalue weighted by Crippen LogP contribution is 2.38. The Morgan fingerprint density at radius 3 is 1.91 bits per heavy atom. The van der Waals surface area contributed by atoms with Crippen molar-refractivity contribution < 1.29 is 4.79 Å². The second-order valence-corrected chi connectivity index (χ2v) is 9.23. The van der Waals surface area contributed by atoms with Crippen LogP contribution in [0.1, 0.15) is 78.0 Å². The summed E-state index contributed by atoms with van der Waals surface area (Å²) >= 11 is 0. The first-order valence-corrected chi connectivity index (χ1v) is 12.3. The Morgan fingerprint density at radius 2 is 1.27 bits per heavy atom. The smallest absolute Gasteiger partial charge is 0.268 e. The Labute approximate surface area is 196 Å². The molecule has 0 saturated heterocycles. The molecule has 33 heavy (non-hydrogen) atoms. The highest BCUT2D eigenvalue weighted by Gasteiger charge is 2.28. The second kappa shape index (κ2) is 10.1. The van der Waals surface area contributed by atoms with Gasteiger partial charge in [0.2, 0.25) is 0 Å². The zero-order valence-electron chi connectivity index (χ0n) is 19.1. The first-order valence-electron chi connectivity index (χ1n) is 12.3. The summed E-state index contributed by atoms with van der Waals surface area (Å²) in [5.74, 6) is -0.00901. The Morgan fingerprint density at radius 1 is 0.727 bits per heavy atom. The van der Waals surface area contributed by atoms with E-state index in [0.29, 0.717) is 5.69 Å². The van der Waals surface area contributed by atoms with Crippen molar-refractivity contribution in [2.75, 3.05) is 0 Å². The summed E-state index contributed by atoms with van der Waals surface area (Å²) in [4.78, 5) is 17.2. The van der Waals surface area contributed by atoms with Gasteiger partial charge in [0, 0.05) is 28.4 Å². The molecule has 1 aromatic heterocycles. The van der Waals surface area contributed by atoms with Crippen molar-refractivity contribution in [1.82, 2.24) is 10.3 Å². The molecule has 0 radical (unpaired) electrons. The van der Waals surface area contributed by atoms with Gasteiger partial charge in [-0.15, -0.1) is 0 Å². The van der Waals surface area contributed by atoms with Gasteiger partial charge in [-0.2, -0.15) is 0 Å². The molecule has 1 saturated carbocycles. The fourth-order valence-corrected chi connectivity index (χ4v) is 5.32. The van der Waals surface area contributed by atoms with Crippen LogP contribution < -0.4 is 5.32 Å². The Balaban J connectivity index is 1.60. The average molecular weight is 437 g/mol. The van der Waals surface area contributed by atoms with Crippen molar-refractivity contribution in [3.8, 4) is 0 Å². The fourth-order valence-electron chi connectivity index (χ4n) is 5.32. The molecule has 0 spiro atoms. The minimum absolute atomic E-state index is 0.0173. The van der Waals surface area contributed by atoms with E-state index >= 15 is 0 Å². The van der Waals surface area contributed by atoms with Crippen molar-refractivity contribution in [2.24, 2.45) is 0 Å². The van der Waals surface area contributed by atoms with E-state index in [4.69, 9.17) is 0 Å². The zero-order valence-corrected chi connectivity index (χ0v) is 19.1. The van der Waals surface area contributed by atoms with Crippen LogP contribution >= 0.6 is 0 Å². The quantitative estimate of drug-likeness (QED) is 0.342. The number of aromatic nitrogens is 1. The van der Waals surface area contributed by atoms with E-state index in [1.807, 2.05) is 18.2 Å². The van der Waals surface area contributed by atoms with Crippen molar-refractivity contribution in [1.29, 1.82) is 0 Å². The number of aromatic amines is 1. The third-order valence-electron chi connectivity index (χ3n) is 6.97. The lowest BCUT2D eigenvalue weighted by atomic mass is 9.83. The van der Waals surface area contributed by atoms with Gasteiger partial charge in [0.05, 0.1) is 0 Å². The van der Waals surface area contributed by atoms with Crippen LogP contribution in [0.2, 0.25) is 0 Å². The molecule has 1 aliphatic rings. The van der Waals surface area contributed by atoms with Crippen LogP contribution in [-0.4, -0.2) is 16.9 Å². The molecule has 1 aliphatic carbocycles. The third kappa shape index (κ3) is 4.73. The number of H-pyrrole nitrogens is 1. The minimum atomic E-state index is -0.0263. The van der Waals surface area contributed by atoms with E-state index in [2.05, 4.69) is 77.0 Å². The number of rotatable bonds is 5. The summed E-state index contributed by atoms with van der Waals surface area (Å²) in [6.07, 6.45) is 8.40. The number of nitrogens with one attached hydrogen (secondary N) is 2. The molecule has 168 valence electrons. The summed E-state index contributed by atoms with van der Waals surface area (Å²) in [6.45, 7) is 0. The number of para-hydroxylation sites is 1. The van der Waals surface area contributed by atoms with E-state index in [1.54, 1.807) is 0 Å². The van der Waals surface area contributed by atoms with E-state index in [1.165, 1.54) is 43.2 Å². The van der Waals surface area contributed by atoms with Gasteiger partial charge >= 0.3 is 0 Å². The first-order chi connectivity index (χ1) is 16.3. The SMILES string of the molecule is O=C(NC1CCCCCCC1)c1[nH]c2ccccc2c1C(c1ccccc1)c1ccccc1. The highest BCUT2D eigenvalue weighted by molar-refractivity contribution is 6.02. The topological polar surface area (TPSA) is 44.9 Å². The minimum Gasteiger partial charge on any atom is -0.350 e. The Bertz CT molecular complexity index is 1150. The molecule has 1 fully saturated rings. The summed E-state index contributed by atoms with van der Waals surface area (Å²) < 4.78 is 0. The maximum absolute atomic E-state index is 13.7. The molecule has 5 rings (SSSR count). The number of carbonyl (C=O) groups is 1. The van der Waals surface area contributed by atoms with Gasteiger partial charge in [0.1, 0.15) is 5.69 Å². The number of carbonyl (C=O) groups excluding carboxylic acids is 1. The molecule has 3 nitrogen and oxygen atoms in total. The number of benzene rings is 3. The third-order valence-corrected chi connectivity index (χ3v) is 6.97. The van der Waals surface area contributed by atoms with Crippen LogP contribution in [0.5, 0.6) is 0 Å². The number of fused-ring (bicyclic) bond motifs is 1. The summed E-state index contributed by atoms with van der Waals surface area (Å²) in [5, 5.41) is 4.50. The summed E-state index contributed by atoms with van der Waals surface area (Å²) in [5.41, 5.74) is 5.14. The maximum Gasteiger partial charge on any atom is 0.268 e. The van der Waals surface area contributed by atoms with Crippen LogP contribution in [-0.2, 0) is 0 Å². The summed E-state index contributed by atoms with van der Waals surface area (Å²) in [7, 11) is 0. The molecule has 0 aliphatic heterocycles. The molecule has 1 amide bonds. The molecule has 0 unspecified atom stereocenters. The highest BCUT2D eigenvalue weighted by atomic mass is 16.1. The average Bonchev–Trinajstić information content (AvgIpc) is 3.22. The van der Waals surface area contributed by atoms with Gasteiger partial charge in [-0.05, 0) is 30.0 Å². The number of hydrogen-bond donors (Lipinski definition) is 2. The second-order valence-electron chi connectivity index (χ2n) is 9.23. The summed E-state index contributed by atoms with van der Waals surface area (Å²) in [6, 6.07) is 29.6. The standard InChI is InChI=1S/C30H32N2O/c33-30(31-24-18-10-2-1-3-11-19-24)29-28(25-20-12-13-21-26(25)32-29)27(22-14-6-4-7-15-22)23-16-8-5-9-17-23/h4-9,12-17,20-21,24,27,32H,1-3,10-11,18-19H2,(H,31,33). The van der Waals surface area contributed by atoms with Crippen LogP contribution in [0.4, 0.5) is 0 Å². The van der Waals surface area contributed by atoms with Crippen molar-refractivity contribution >= 4 is 16.8 Å². The normalized spacial score (nSPS) is 15.3. The number of hydrogen-bond acceptors (Lipinski definition) is 1. The lowest BCUT2D eigenvalue weighted by Crippen LogP contribution is -2.36. The van der Waals surface area contributed by atoms with Crippen molar-refractivity contribution in [3.63, 3.8) is 0 Å². The lowest BCUT2D eigenvalue weighted by Gasteiger charge is -2.23. The molecule has 2 N–H and O–H groups in total. The molecular weight excluding hydrogens is 404 g/mol. The van der Waals surface area contributed by atoms with Gasteiger partial charge in [-0.3, -0.25) is 4.79 Å². The van der Waals surface area contributed by atoms with Crippen molar-refractivity contribution in [2.45, 2.75) is 56.9 Å². The molecular formula is C30H32N2O. The van der Waals surface area contributed by atoms with Crippen molar-refractivity contribution in [3.05, 3.63) is 107 Å². The van der Waals surface area contributed by atoms with Gasteiger partial charge in [-0.1, -0.05) is 111 Å². The molecule has 3 heteroatoms. The van der Waals surface area contributed by atoms with E-state index in [-0.39, 0.29) is 17.9 Å². The molecule has 0 atom stereocenters. The Kier molecular flexibility index (Phi) is 6.57. The fraction of sp³-hybridized carbons (Fsp3) is 0.300. The van der Waals surface area contributed by atoms with Crippen LogP contribution in [0.25, 0.3) is 10.9 Å². The Hall–Kier alpha value is -3.33. The first kappa shape index (κ1) is 21.5. The zero-order chi connectivity index (χ0) is 22.5. The van der Waals surface area contributed by atoms with Gasteiger partial charge in [0.25, 0.3) is 5.91 Å². The van der Waals surface area contributed by atoms with Gasteiger partial charge < -0.3 is 10.3 Å². The van der Waals surface area contributed by atoms with Crippen LogP contribution in [0.15, 0.2) is 84.9 Å². The van der Waals surface area contributed by atoms with E-state index < -0.39 is 0 Å². The van der Waals surface area contributed by atoms with Gasteiger partial charge in [0.15, 0.2) is 0 Å².